The average molecular weight is 636 g/mol. The quantitative estimate of drug-likeness (QED) is 0.367. The van der Waals surface area contributed by atoms with Crippen LogP contribution in [0.1, 0.15) is 42.9 Å². The fourth-order valence-electron chi connectivity index (χ4n) is 5.88. The first-order chi connectivity index (χ1) is 20.3. The number of nitrogens with one attached hydrogen (secondary N) is 1. The minimum absolute atomic E-state index is 0.0411. The minimum atomic E-state index is -0.553. The van der Waals surface area contributed by atoms with Crippen molar-refractivity contribution < 1.29 is 23.9 Å². The molecule has 2 aromatic carbocycles. The number of likely N-dealkylation sites (tertiary alicyclic amines) is 1. The van der Waals surface area contributed by atoms with Crippen molar-refractivity contribution in [2.24, 2.45) is 11.8 Å². The number of hydrogen-bond donors (Lipinski definition) is 1. The summed E-state index contributed by atoms with van der Waals surface area (Å²) in [5.74, 6) is 0.457. The van der Waals surface area contributed by atoms with E-state index in [1.165, 1.54) is 0 Å². The maximum atomic E-state index is 14.3. The van der Waals surface area contributed by atoms with Crippen molar-refractivity contribution in [1.29, 1.82) is 0 Å². The van der Waals surface area contributed by atoms with E-state index in [2.05, 4.69) is 26.2 Å². The number of nitrogens with zero attached hydrogens (tertiary/aromatic N) is 3. The van der Waals surface area contributed by atoms with Crippen LogP contribution < -0.4 is 19.7 Å². The lowest BCUT2D eigenvalue weighted by atomic mass is 9.82. The largest absolute Gasteiger partial charge is 0.493 e. The Labute approximate surface area is 254 Å². The number of pyridine rings is 1. The third-order valence-corrected chi connectivity index (χ3v) is 8.53. The molecular weight excluding hydrogens is 600 g/mol. The minimum Gasteiger partial charge on any atom is -0.493 e. The Kier molecular flexibility index (Phi) is 9.11. The maximum absolute atomic E-state index is 14.3. The van der Waals surface area contributed by atoms with Gasteiger partial charge in [-0.25, -0.2) is 4.98 Å². The van der Waals surface area contributed by atoms with Crippen molar-refractivity contribution >= 4 is 45.2 Å². The van der Waals surface area contributed by atoms with Crippen molar-refractivity contribution in [2.75, 3.05) is 37.5 Å². The fourth-order valence-corrected chi connectivity index (χ4v) is 6.12. The molecule has 5 rings (SSSR count). The molecule has 3 aromatic rings. The molecule has 42 heavy (non-hydrogen) atoms. The maximum Gasteiger partial charge on any atom is 0.230 e. The van der Waals surface area contributed by atoms with Crippen molar-refractivity contribution in [3.8, 4) is 11.5 Å². The number of carbonyl (C=O) groups is 3. The highest BCUT2D eigenvalue weighted by molar-refractivity contribution is 9.10. The van der Waals surface area contributed by atoms with Gasteiger partial charge >= 0.3 is 0 Å². The summed E-state index contributed by atoms with van der Waals surface area (Å²) in [6, 6.07) is 16.3. The molecule has 1 aromatic heterocycles. The number of benzene rings is 2. The molecule has 0 aliphatic carbocycles. The molecule has 2 aliphatic rings. The van der Waals surface area contributed by atoms with E-state index in [1.54, 1.807) is 42.3 Å². The van der Waals surface area contributed by atoms with Gasteiger partial charge in [-0.05, 0) is 84.1 Å². The molecule has 9 nitrogen and oxygen atoms in total. The molecule has 3 amide bonds. The Balaban J connectivity index is 1.44. The number of piperidine rings is 2. The van der Waals surface area contributed by atoms with E-state index in [0.717, 1.165) is 21.3 Å². The molecule has 10 heteroatoms. The van der Waals surface area contributed by atoms with Crippen molar-refractivity contribution in [1.82, 2.24) is 9.88 Å². The topological polar surface area (TPSA) is 101 Å². The van der Waals surface area contributed by atoms with E-state index in [4.69, 9.17) is 9.47 Å². The summed E-state index contributed by atoms with van der Waals surface area (Å²) < 4.78 is 11.9. The molecule has 0 radical (unpaired) electrons. The van der Waals surface area contributed by atoms with E-state index in [1.807, 2.05) is 49.4 Å². The Bertz CT molecular complexity index is 1450. The second kappa shape index (κ2) is 12.9. The lowest BCUT2D eigenvalue weighted by Gasteiger charge is -2.43. The Morgan fingerprint density at radius 2 is 1.76 bits per heavy atom. The van der Waals surface area contributed by atoms with Crippen LogP contribution >= 0.6 is 15.9 Å². The third kappa shape index (κ3) is 6.28. The van der Waals surface area contributed by atoms with Gasteiger partial charge < -0.3 is 24.6 Å². The van der Waals surface area contributed by atoms with Crippen LogP contribution in [-0.2, 0) is 14.4 Å². The first kappa shape index (κ1) is 29.6. The summed E-state index contributed by atoms with van der Waals surface area (Å²) in [7, 11) is 3.14. The predicted octanol–water partition coefficient (Wildman–Crippen LogP) is 5.53. The molecular formula is C32H35BrN4O5. The standard InChI is InChI=1S/C32H35BrN4O5/c1-20-6-10-24(11-7-20)37-29(38)15-12-25(30(37)21-8-13-26(41-2)27(17-21)42-3)32(40)36-16-4-5-22(19-36)31(39)35-28-14-9-23(33)18-34-28/h6-11,13-14,17-18,22,25,30H,4-5,12,15-16,19H2,1-3H3,(H,34,35,39). The molecule has 2 saturated heterocycles. The number of carbonyl (C=O) groups excluding carboxylic acids is 3. The van der Waals surface area contributed by atoms with E-state index in [0.29, 0.717) is 49.7 Å². The summed E-state index contributed by atoms with van der Waals surface area (Å²) in [6.45, 7) is 2.87. The first-order valence-corrected chi connectivity index (χ1v) is 14.9. The number of halogens is 1. The van der Waals surface area contributed by atoms with Gasteiger partial charge in [0, 0.05) is 35.9 Å². The zero-order valence-corrected chi connectivity index (χ0v) is 25.6. The van der Waals surface area contributed by atoms with Crippen LogP contribution in [0.3, 0.4) is 0 Å². The normalized spacial score (nSPS) is 20.7. The zero-order chi connectivity index (χ0) is 29.8. The van der Waals surface area contributed by atoms with Gasteiger partial charge in [-0.1, -0.05) is 23.8 Å². The highest BCUT2D eigenvalue weighted by atomic mass is 79.9. The Morgan fingerprint density at radius 1 is 1.00 bits per heavy atom. The SMILES string of the molecule is COc1ccc(C2C(C(=O)N3CCCC(C(=O)Nc4ccc(Br)cn4)C3)CCC(=O)N2c2ccc(C)cc2)cc1OC. The smallest absolute Gasteiger partial charge is 0.230 e. The molecule has 220 valence electrons. The van der Waals surface area contributed by atoms with Gasteiger partial charge in [-0.15, -0.1) is 0 Å². The van der Waals surface area contributed by atoms with Crippen molar-refractivity contribution in [2.45, 2.75) is 38.6 Å². The van der Waals surface area contributed by atoms with Crippen LogP contribution in [0.5, 0.6) is 11.5 Å². The van der Waals surface area contributed by atoms with Crippen LogP contribution in [0.15, 0.2) is 65.3 Å². The highest BCUT2D eigenvalue weighted by Crippen LogP contribution is 2.43. The molecule has 3 heterocycles. The second-order valence-corrected chi connectivity index (χ2v) is 11.7. The van der Waals surface area contributed by atoms with Crippen LogP contribution in [0, 0.1) is 18.8 Å². The van der Waals surface area contributed by atoms with Crippen molar-refractivity contribution in [3.63, 3.8) is 0 Å². The number of rotatable bonds is 7. The monoisotopic (exact) mass is 634 g/mol. The van der Waals surface area contributed by atoms with E-state index < -0.39 is 12.0 Å². The fraction of sp³-hybridized carbons (Fsp3) is 0.375. The summed E-state index contributed by atoms with van der Waals surface area (Å²) in [5, 5.41) is 2.89. The van der Waals surface area contributed by atoms with Gasteiger partial charge in [-0.2, -0.15) is 0 Å². The number of amides is 3. The Morgan fingerprint density at radius 3 is 2.45 bits per heavy atom. The second-order valence-electron chi connectivity index (χ2n) is 10.8. The zero-order valence-electron chi connectivity index (χ0n) is 24.0. The molecule has 0 spiro atoms. The molecule has 3 unspecified atom stereocenters. The van der Waals surface area contributed by atoms with Gasteiger partial charge in [0.2, 0.25) is 17.7 Å². The summed E-state index contributed by atoms with van der Waals surface area (Å²) >= 11 is 3.36. The number of hydrogen-bond acceptors (Lipinski definition) is 6. The number of anilines is 2. The average Bonchev–Trinajstić information content (AvgIpc) is 3.02. The molecule has 0 saturated carbocycles. The van der Waals surface area contributed by atoms with Crippen LogP contribution in [-0.4, -0.2) is 54.9 Å². The first-order valence-electron chi connectivity index (χ1n) is 14.1. The Hall–Kier alpha value is -3.92. The number of methoxy groups -OCH3 is 2. The van der Waals surface area contributed by atoms with Gasteiger partial charge in [0.05, 0.1) is 32.1 Å². The van der Waals surface area contributed by atoms with Crippen LogP contribution in [0.2, 0.25) is 0 Å². The summed E-state index contributed by atoms with van der Waals surface area (Å²) in [6.07, 6.45) is 3.69. The van der Waals surface area contributed by atoms with Gasteiger partial charge in [0.25, 0.3) is 0 Å². The lowest BCUT2D eigenvalue weighted by molar-refractivity contribution is -0.141. The molecule has 2 fully saturated rings. The molecule has 0 bridgehead atoms. The molecule has 3 atom stereocenters. The van der Waals surface area contributed by atoms with E-state index in [-0.39, 0.29) is 30.1 Å². The predicted molar refractivity (Wildman–Crippen MR) is 164 cm³/mol. The number of aryl methyl sites for hydroxylation is 1. The summed E-state index contributed by atoms with van der Waals surface area (Å²) in [4.78, 5) is 48.7. The molecule has 1 N–H and O–H groups in total. The number of ether oxygens (including phenoxy) is 2. The molecule has 2 aliphatic heterocycles. The lowest BCUT2D eigenvalue weighted by Crippen LogP contribution is -2.52. The number of aromatic nitrogens is 1. The van der Waals surface area contributed by atoms with Gasteiger partial charge in [0.15, 0.2) is 11.5 Å². The summed E-state index contributed by atoms with van der Waals surface area (Å²) in [5.41, 5.74) is 2.60. The van der Waals surface area contributed by atoms with Gasteiger partial charge in [-0.3, -0.25) is 14.4 Å². The van der Waals surface area contributed by atoms with Gasteiger partial charge in [0.1, 0.15) is 5.82 Å². The van der Waals surface area contributed by atoms with Crippen molar-refractivity contribution in [3.05, 3.63) is 76.4 Å². The van der Waals surface area contributed by atoms with E-state index >= 15 is 0 Å². The van der Waals surface area contributed by atoms with Crippen LogP contribution in [0.25, 0.3) is 0 Å². The third-order valence-electron chi connectivity index (χ3n) is 8.06. The highest BCUT2D eigenvalue weighted by Gasteiger charge is 2.44. The van der Waals surface area contributed by atoms with E-state index in [9.17, 15) is 14.4 Å². The van der Waals surface area contributed by atoms with Crippen LogP contribution in [0.4, 0.5) is 11.5 Å².